The Kier molecular flexibility index (Phi) is 4.36. The molecule has 0 unspecified atom stereocenters. The molecule has 0 saturated heterocycles. The molecule has 1 aliphatic rings. The molecule has 114 valence electrons. The molecule has 0 spiro atoms. The molecule has 0 bridgehead atoms. The molecular weight excluding hydrogens is 268 g/mol. The molecule has 2 aromatic heterocycles. The Balaban J connectivity index is 1.94. The number of aromatic nitrogens is 3. The fourth-order valence-electron chi connectivity index (χ4n) is 2.95. The summed E-state index contributed by atoms with van der Waals surface area (Å²) in [6.45, 7) is 6.84. The quantitative estimate of drug-likeness (QED) is 0.814. The highest BCUT2D eigenvalue weighted by molar-refractivity contribution is 5.59. The Labute approximate surface area is 124 Å². The van der Waals surface area contributed by atoms with Crippen LogP contribution < -0.4 is 0 Å². The van der Waals surface area contributed by atoms with Gasteiger partial charge in [0.2, 0.25) is 0 Å². The van der Waals surface area contributed by atoms with Crippen molar-refractivity contribution in [3.63, 3.8) is 0 Å². The van der Waals surface area contributed by atoms with Gasteiger partial charge in [-0.25, -0.2) is 4.98 Å². The van der Waals surface area contributed by atoms with E-state index in [0.717, 1.165) is 44.0 Å². The summed E-state index contributed by atoms with van der Waals surface area (Å²) >= 11 is 0. The van der Waals surface area contributed by atoms with Crippen LogP contribution in [0.2, 0.25) is 0 Å². The second kappa shape index (κ2) is 6.41. The van der Waals surface area contributed by atoms with E-state index in [0.29, 0.717) is 6.61 Å². The van der Waals surface area contributed by atoms with Crippen molar-refractivity contribution in [1.29, 1.82) is 0 Å². The number of fused-ring (bicyclic) bond motifs is 1. The summed E-state index contributed by atoms with van der Waals surface area (Å²) in [5, 5.41) is 4.75. The predicted octanol–water partition coefficient (Wildman–Crippen LogP) is 1.95. The summed E-state index contributed by atoms with van der Waals surface area (Å²) in [5.74, 6) is 0. The highest BCUT2D eigenvalue weighted by atomic mass is 16.5. The van der Waals surface area contributed by atoms with Crippen molar-refractivity contribution in [2.45, 2.75) is 32.9 Å². The molecular formula is C15H22N4O2. The molecule has 0 radical (unpaired) electrons. The Morgan fingerprint density at radius 2 is 2.29 bits per heavy atom. The van der Waals surface area contributed by atoms with E-state index in [2.05, 4.69) is 21.5 Å². The second-order valence-corrected chi connectivity index (χ2v) is 5.39. The van der Waals surface area contributed by atoms with E-state index in [4.69, 9.17) is 14.3 Å². The van der Waals surface area contributed by atoms with Crippen molar-refractivity contribution in [3.8, 4) is 11.4 Å². The zero-order valence-corrected chi connectivity index (χ0v) is 12.7. The second-order valence-electron chi connectivity index (χ2n) is 5.39. The van der Waals surface area contributed by atoms with Gasteiger partial charge in [-0.3, -0.25) is 9.58 Å². The van der Waals surface area contributed by atoms with E-state index >= 15 is 0 Å². The molecule has 3 heterocycles. The number of ether oxygens (including phenoxy) is 1. The Bertz CT molecular complexity index is 577. The van der Waals surface area contributed by atoms with E-state index in [-0.39, 0.29) is 0 Å². The van der Waals surface area contributed by atoms with Gasteiger partial charge in [0.1, 0.15) is 17.7 Å². The summed E-state index contributed by atoms with van der Waals surface area (Å²) in [7, 11) is 1.72. The smallest absolute Gasteiger partial charge is 0.181 e. The minimum absolute atomic E-state index is 0.672. The molecule has 2 aromatic rings. The minimum Gasteiger partial charge on any atom is -0.451 e. The number of oxazole rings is 1. The zero-order chi connectivity index (χ0) is 14.7. The highest BCUT2D eigenvalue weighted by Crippen LogP contribution is 2.29. The van der Waals surface area contributed by atoms with Gasteiger partial charge < -0.3 is 9.15 Å². The molecule has 0 N–H and O–H groups in total. The number of hydrogen-bond acceptors (Lipinski definition) is 5. The highest BCUT2D eigenvalue weighted by Gasteiger charge is 2.26. The van der Waals surface area contributed by atoms with Crippen molar-refractivity contribution in [2.24, 2.45) is 0 Å². The van der Waals surface area contributed by atoms with Crippen LogP contribution in [-0.4, -0.2) is 46.5 Å². The Morgan fingerprint density at radius 1 is 1.38 bits per heavy atom. The van der Waals surface area contributed by atoms with Crippen LogP contribution >= 0.6 is 0 Å². The van der Waals surface area contributed by atoms with E-state index in [1.165, 1.54) is 24.1 Å². The van der Waals surface area contributed by atoms with Crippen molar-refractivity contribution in [2.75, 3.05) is 26.8 Å². The van der Waals surface area contributed by atoms with Gasteiger partial charge in [0, 0.05) is 37.9 Å². The molecule has 3 rings (SSSR count). The molecule has 21 heavy (non-hydrogen) atoms. The maximum Gasteiger partial charge on any atom is 0.181 e. The Hall–Kier alpha value is -1.66. The van der Waals surface area contributed by atoms with Crippen LogP contribution in [0.5, 0.6) is 0 Å². The summed E-state index contributed by atoms with van der Waals surface area (Å²) in [4.78, 5) is 6.75. The molecule has 0 aromatic carbocycles. The van der Waals surface area contributed by atoms with Crippen LogP contribution in [0, 0.1) is 0 Å². The zero-order valence-electron chi connectivity index (χ0n) is 12.7. The van der Waals surface area contributed by atoms with E-state index in [1.54, 1.807) is 13.4 Å². The average molecular weight is 290 g/mol. The number of hydrogen-bond donors (Lipinski definition) is 0. The topological polar surface area (TPSA) is 56.3 Å². The molecule has 0 aliphatic carbocycles. The van der Waals surface area contributed by atoms with Crippen LogP contribution in [0.25, 0.3) is 11.4 Å². The molecule has 0 saturated carbocycles. The SMILES string of the molecule is CCCN1CCc2c(c(-c3cocn3)nn2CCOC)C1. The van der Waals surface area contributed by atoms with E-state index in [1.807, 2.05) is 0 Å². The van der Waals surface area contributed by atoms with Crippen LogP contribution in [0.4, 0.5) is 0 Å². The average Bonchev–Trinajstić information content (AvgIpc) is 3.12. The standard InChI is InChI=1S/C15H22N4O2/c1-3-5-18-6-4-14-12(9-18)15(13-10-21-11-16-13)17-19(14)7-8-20-2/h10-11H,3-9H2,1-2H3. The summed E-state index contributed by atoms with van der Waals surface area (Å²) in [6.07, 6.45) is 5.33. The van der Waals surface area contributed by atoms with E-state index in [9.17, 15) is 0 Å². The molecule has 0 atom stereocenters. The van der Waals surface area contributed by atoms with Crippen molar-refractivity contribution >= 4 is 0 Å². The van der Waals surface area contributed by atoms with Gasteiger partial charge in [-0.15, -0.1) is 0 Å². The van der Waals surface area contributed by atoms with Gasteiger partial charge in [0.25, 0.3) is 0 Å². The maximum atomic E-state index is 5.19. The number of rotatable bonds is 6. The van der Waals surface area contributed by atoms with Gasteiger partial charge in [-0.1, -0.05) is 6.92 Å². The first-order valence-electron chi connectivity index (χ1n) is 7.52. The molecule has 1 aliphatic heterocycles. The predicted molar refractivity (Wildman–Crippen MR) is 78.9 cm³/mol. The normalized spacial score (nSPS) is 15.3. The van der Waals surface area contributed by atoms with Crippen LogP contribution in [0.15, 0.2) is 17.1 Å². The lowest BCUT2D eigenvalue weighted by molar-refractivity contribution is 0.181. The number of methoxy groups -OCH3 is 1. The lowest BCUT2D eigenvalue weighted by Gasteiger charge is -2.27. The van der Waals surface area contributed by atoms with Gasteiger partial charge in [0.15, 0.2) is 6.39 Å². The third-order valence-corrected chi connectivity index (χ3v) is 3.94. The lowest BCUT2D eigenvalue weighted by atomic mass is 10.0. The first kappa shape index (κ1) is 14.3. The van der Waals surface area contributed by atoms with Gasteiger partial charge in [0.05, 0.1) is 13.2 Å². The monoisotopic (exact) mass is 290 g/mol. The first-order valence-corrected chi connectivity index (χ1v) is 7.52. The van der Waals surface area contributed by atoms with Crippen LogP contribution in [0.1, 0.15) is 24.6 Å². The van der Waals surface area contributed by atoms with Crippen LogP contribution in [0.3, 0.4) is 0 Å². The lowest BCUT2D eigenvalue weighted by Crippen LogP contribution is -2.32. The van der Waals surface area contributed by atoms with Crippen molar-refractivity contribution in [3.05, 3.63) is 23.9 Å². The Morgan fingerprint density at radius 3 is 3.00 bits per heavy atom. The minimum atomic E-state index is 0.672. The summed E-state index contributed by atoms with van der Waals surface area (Å²) in [6, 6.07) is 0. The summed E-state index contributed by atoms with van der Waals surface area (Å²) in [5.41, 5.74) is 4.38. The third-order valence-electron chi connectivity index (χ3n) is 3.94. The fraction of sp³-hybridized carbons (Fsp3) is 0.600. The fourth-order valence-corrected chi connectivity index (χ4v) is 2.95. The molecule has 0 fully saturated rings. The molecule has 6 heteroatoms. The van der Waals surface area contributed by atoms with Gasteiger partial charge in [-0.05, 0) is 13.0 Å². The van der Waals surface area contributed by atoms with Crippen LogP contribution in [-0.2, 0) is 24.2 Å². The summed E-state index contributed by atoms with van der Waals surface area (Å²) < 4.78 is 12.4. The van der Waals surface area contributed by atoms with Crippen molar-refractivity contribution < 1.29 is 9.15 Å². The van der Waals surface area contributed by atoms with Gasteiger partial charge >= 0.3 is 0 Å². The first-order chi connectivity index (χ1) is 10.3. The van der Waals surface area contributed by atoms with Crippen molar-refractivity contribution in [1.82, 2.24) is 19.7 Å². The number of nitrogens with zero attached hydrogens (tertiary/aromatic N) is 4. The van der Waals surface area contributed by atoms with E-state index < -0.39 is 0 Å². The molecule has 6 nitrogen and oxygen atoms in total. The largest absolute Gasteiger partial charge is 0.451 e. The molecule has 0 amide bonds. The maximum absolute atomic E-state index is 5.19. The van der Waals surface area contributed by atoms with Gasteiger partial charge in [-0.2, -0.15) is 5.10 Å². The third kappa shape index (κ3) is 2.87.